The highest BCUT2D eigenvalue weighted by atomic mass is 16.5. The molecule has 1 heterocycles. The zero-order valence-electron chi connectivity index (χ0n) is 13.9. The van der Waals surface area contributed by atoms with E-state index >= 15 is 0 Å². The minimum Gasteiger partial charge on any atom is -0.497 e. The van der Waals surface area contributed by atoms with Gasteiger partial charge in [0.1, 0.15) is 11.5 Å². The van der Waals surface area contributed by atoms with Gasteiger partial charge < -0.3 is 14.4 Å². The molecule has 0 atom stereocenters. The van der Waals surface area contributed by atoms with Gasteiger partial charge in [-0.15, -0.1) is 0 Å². The molecule has 2 aromatic rings. The van der Waals surface area contributed by atoms with E-state index in [1.807, 2.05) is 73.6 Å². The first-order chi connectivity index (χ1) is 11.6. The van der Waals surface area contributed by atoms with Crippen molar-refractivity contribution in [2.24, 2.45) is 0 Å². The molecule has 0 bridgehead atoms. The first-order valence-electron chi connectivity index (χ1n) is 7.64. The van der Waals surface area contributed by atoms with Crippen LogP contribution in [0, 0.1) is 0 Å². The minimum absolute atomic E-state index is 0.336. The molecule has 0 fully saturated rings. The maximum Gasteiger partial charge on any atom is 0.343 e. The lowest BCUT2D eigenvalue weighted by molar-refractivity contribution is -0.130. The molecular formula is C20H19NO3. The van der Waals surface area contributed by atoms with Crippen molar-refractivity contribution < 1.29 is 14.3 Å². The van der Waals surface area contributed by atoms with Crippen LogP contribution in [-0.2, 0) is 9.53 Å². The van der Waals surface area contributed by atoms with Crippen LogP contribution in [0.15, 0.2) is 60.2 Å². The minimum atomic E-state index is -0.336. The van der Waals surface area contributed by atoms with Crippen LogP contribution >= 0.6 is 0 Å². The second kappa shape index (κ2) is 6.62. The monoisotopic (exact) mass is 321 g/mol. The molecule has 0 saturated heterocycles. The number of anilines is 1. The first-order valence-corrected chi connectivity index (χ1v) is 7.64. The molecule has 0 spiro atoms. The van der Waals surface area contributed by atoms with Gasteiger partial charge in [-0.2, -0.15) is 0 Å². The molecule has 1 aliphatic heterocycles. The van der Waals surface area contributed by atoms with Crippen molar-refractivity contribution in [3.8, 4) is 5.75 Å². The van der Waals surface area contributed by atoms with Crippen LogP contribution in [0.5, 0.6) is 5.75 Å². The second-order valence-corrected chi connectivity index (χ2v) is 5.71. The molecule has 0 unspecified atom stereocenters. The number of methoxy groups -OCH3 is 1. The molecule has 3 rings (SSSR count). The van der Waals surface area contributed by atoms with Gasteiger partial charge in [0, 0.05) is 25.3 Å². The fraction of sp³-hybridized carbons (Fsp3) is 0.150. The molecule has 0 saturated carbocycles. The van der Waals surface area contributed by atoms with Gasteiger partial charge in [-0.3, -0.25) is 0 Å². The van der Waals surface area contributed by atoms with Gasteiger partial charge >= 0.3 is 5.97 Å². The number of hydrogen-bond donors (Lipinski definition) is 0. The van der Waals surface area contributed by atoms with Gasteiger partial charge in [0.15, 0.2) is 0 Å². The molecule has 0 radical (unpaired) electrons. The van der Waals surface area contributed by atoms with Gasteiger partial charge in [0.05, 0.1) is 12.7 Å². The van der Waals surface area contributed by atoms with Crippen LogP contribution in [0.2, 0.25) is 0 Å². The molecular weight excluding hydrogens is 302 g/mol. The fourth-order valence-corrected chi connectivity index (χ4v) is 2.43. The van der Waals surface area contributed by atoms with Crippen LogP contribution in [0.1, 0.15) is 11.1 Å². The van der Waals surface area contributed by atoms with E-state index in [4.69, 9.17) is 9.47 Å². The number of cyclic esters (lactones) is 1. The lowest BCUT2D eigenvalue weighted by Crippen LogP contribution is -2.07. The third-order valence-corrected chi connectivity index (χ3v) is 3.83. The summed E-state index contributed by atoms with van der Waals surface area (Å²) in [5.74, 6) is 0.983. The molecule has 2 aromatic carbocycles. The summed E-state index contributed by atoms with van der Waals surface area (Å²) in [5, 5.41) is 0. The van der Waals surface area contributed by atoms with E-state index in [1.165, 1.54) is 0 Å². The normalized spacial score (nSPS) is 15.2. The summed E-state index contributed by atoms with van der Waals surface area (Å²) >= 11 is 0. The third kappa shape index (κ3) is 3.33. The van der Waals surface area contributed by atoms with Gasteiger partial charge in [-0.1, -0.05) is 12.1 Å². The number of benzene rings is 2. The first kappa shape index (κ1) is 15.9. The van der Waals surface area contributed by atoms with Crippen molar-refractivity contribution in [2.45, 2.75) is 0 Å². The van der Waals surface area contributed by atoms with Gasteiger partial charge in [-0.25, -0.2) is 4.79 Å². The topological polar surface area (TPSA) is 38.8 Å². The Morgan fingerprint density at radius 2 is 1.67 bits per heavy atom. The van der Waals surface area contributed by atoms with Crippen LogP contribution in [0.25, 0.3) is 11.8 Å². The van der Waals surface area contributed by atoms with Gasteiger partial charge in [-0.05, 0) is 54.1 Å². The van der Waals surface area contributed by atoms with Crippen molar-refractivity contribution in [1.82, 2.24) is 0 Å². The Morgan fingerprint density at radius 3 is 2.25 bits per heavy atom. The maximum atomic E-state index is 12.1. The summed E-state index contributed by atoms with van der Waals surface area (Å²) in [7, 11) is 5.60. The standard InChI is InChI=1S/C20H19NO3/c1-21(2)17-8-4-14(5-9-17)12-16-13-19(24-20(16)22)15-6-10-18(23-3)11-7-15/h4-13H,1-3H3. The lowest BCUT2D eigenvalue weighted by atomic mass is 10.1. The van der Waals surface area contributed by atoms with Crippen LogP contribution in [0.4, 0.5) is 5.69 Å². The highest BCUT2D eigenvalue weighted by Gasteiger charge is 2.21. The second-order valence-electron chi connectivity index (χ2n) is 5.71. The Morgan fingerprint density at radius 1 is 1.00 bits per heavy atom. The molecule has 24 heavy (non-hydrogen) atoms. The van der Waals surface area contributed by atoms with Crippen molar-refractivity contribution in [3.63, 3.8) is 0 Å². The van der Waals surface area contributed by atoms with Crippen molar-refractivity contribution in [3.05, 3.63) is 71.3 Å². The Kier molecular flexibility index (Phi) is 4.38. The summed E-state index contributed by atoms with van der Waals surface area (Å²) in [4.78, 5) is 14.1. The van der Waals surface area contributed by atoms with Crippen molar-refractivity contribution >= 4 is 23.5 Å². The number of esters is 1. The highest BCUT2D eigenvalue weighted by molar-refractivity contribution is 6.05. The van der Waals surface area contributed by atoms with Crippen LogP contribution in [-0.4, -0.2) is 27.2 Å². The lowest BCUT2D eigenvalue weighted by Gasteiger charge is -2.11. The van der Waals surface area contributed by atoms with E-state index in [9.17, 15) is 4.79 Å². The van der Waals surface area contributed by atoms with Crippen molar-refractivity contribution in [1.29, 1.82) is 0 Å². The number of carbonyl (C=O) groups excluding carboxylic acids is 1. The van der Waals surface area contributed by atoms with E-state index in [0.717, 1.165) is 22.6 Å². The summed E-state index contributed by atoms with van der Waals surface area (Å²) in [6, 6.07) is 15.4. The van der Waals surface area contributed by atoms with E-state index < -0.39 is 0 Å². The summed E-state index contributed by atoms with van der Waals surface area (Å²) < 4.78 is 10.5. The van der Waals surface area contributed by atoms with Gasteiger partial charge in [0.2, 0.25) is 0 Å². The maximum absolute atomic E-state index is 12.1. The average molecular weight is 321 g/mol. The Hall–Kier alpha value is -3.01. The quantitative estimate of drug-likeness (QED) is 0.635. The Bertz CT molecular complexity index is 800. The molecule has 0 aliphatic carbocycles. The summed E-state index contributed by atoms with van der Waals surface area (Å²) in [6.07, 6.45) is 3.60. The van der Waals surface area contributed by atoms with E-state index in [1.54, 1.807) is 13.2 Å². The van der Waals surface area contributed by atoms with E-state index in [0.29, 0.717) is 11.3 Å². The zero-order valence-corrected chi connectivity index (χ0v) is 13.9. The number of rotatable bonds is 4. The number of ether oxygens (including phenoxy) is 2. The fourth-order valence-electron chi connectivity index (χ4n) is 2.43. The molecule has 4 heteroatoms. The molecule has 1 aliphatic rings. The molecule has 122 valence electrons. The molecule has 0 aromatic heterocycles. The molecule has 4 nitrogen and oxygen atoms in total. The average Bonchev–Trinajstić information content (AvgIpc) is 2.96. The highest BCUT2D eigenvalue weighted by Crippen LogP contribution is 2.28. The predicted octanol–water partition coefficient (Wildman–Crippen LogP) is 3.74. The number of carbonyl (C=O) groups is 1. The van der Waals surface area contributed by atoms with E-state index in [-0.39, 0.29) is 5.97 Å². The van der Waals surface area contributed by atoms with Gasteiger partial charge in [0.25, 0.3) is 0 Å². The summed E-state index contributed by atoms with van der Waals surface area (Å²) in [5.41, 5.74) is 3.45. The largest absolute Gasteiger partial charge is 0.497 e. The zero-order chi connectivity index (χ0) is 17.1. The number of nitrogens with zero attached hydrogens (tertiary/aromatic N) is 1. The Labute approximate surface area is 141 Å². The summed E-state index contributed by atoms with van der Waals surface area (Å²) in [6.45, 7) is 0. The van der Waals surface area contributed by atoms with Crippen molar-refractivity contribution in [2.75, 3.05) is 26.1 Å². The van der Waals surface area contributed by atoms with E-state index in [2.05, 4.69) is 0 Å². The third-order valence-electron chi connectivity index (χ3n) is 3.83. The predicted molar refractivity (Wildman–Crippen MR) is 95.8 cm³/mol. The SMILES string of the molecule is COc1ccc(C2=CC(=Cc3ccc(N(C)C)cc3)C(=O)O2)cc1. The smallest absolute Gasteiger partial charge is 0.343 e. The van der Waals surface area contributed by atoms with Crippen LogP contribution in [0.3, 0.4) is 0 Å². The van der Waals surface area contributed by atoms with Crippen LogP contribution < -0.4 is 9.64 Å². The molecule has 0 amide bonds. The number of hydrogen-bond acceptors (Lipinski definition) is 4. The Balaban J connectivity index is 1.85. The molecule has 0 N–H and O–H groups in total.